The number of aryl methyl sites for hydroxylation is 1. The molecular formula is C23H22N4O4. The predicted octanol–water partition coefficient (Wildman–Crippen LogP) is 2.80. The minimum atomic E-state index is -0.768. The first-order valence-electron chi connectivity index (χ1n) is 9.89. The van der Waals surface area contributed by atoms with Crippen LogP contribution in [0, 0.1) is 0 Å². The van der Waals surface area contributed by atoms with Gasteiger partial charge >= 0.3 is 0 Å². The molecule has 3 heterocycles. The van der Waals surface area contributed by atoms with Gasteiger partial charge in [0.1, 0.15) is 17.6 Å². The lowest BCUT2D eigenvalue weighted by Gasteiger charge is -2.24. The lowest BCUT2D eigenvalue weighted by molar-refractivity contribution is -0.140. The largest absolute Gasteiger partial charge is 0.507 e. The van der Waals surface area contributed by atoms with Crippen LogP contribution < -0.4 is 4.74 Å². The van der Waals surface area contributed by atoms with Crippen LogP contribution >= 0.6 is 0 Å². The van der Waals surface area contributed by atoms with Gasteiger partial charge in [-0.3, -0.25) is 14.6 Å². The van der Waals surface area contributed by atoms with E-state index in [4.69, 9.17) is 4.74 Å². The summed E-state index contributed by atoms with van der Waals surface area (Å²) in [6.07, 6.45) is 7.45. The number of aliphatic hydroxyl groups excluding tert-OH is 1. The van der Waals surface area contributed by atoms with E-state index in [9.17, 15) is 14.7 Å². The Morgan fingerprint density at radius 2 is 2.00 bits per heavy atom. The molecule has 0 aliphatic carbocycles. The number of pyridine rings is 1. The van der Waals surface area contributed by atoms with Crippen LogP contribution in [0.5, 0.6) is 5.75 Å². The number of likely N-dealkylation sites (tertiary alicyclic amines) is 1. The molecule has 0 saturated carbocycles. The van der Waals surface area contributed by atoms with Crippen LogP contribution in [0.15, 0.2) is 73.0 Å². The second kappa shape index (κ2) is 8.83. The monoisotopic (exact) mass is 418 g/mol. The smallest absolute Gasteiger partial charge is 0.295 e. The maximum Gasteiger partial charge on any atom is 0.295 e. The number of hydrogen-bond donors (Lipinski definition) is 1. The highest BCUT2D eigenvalue weighted by molar-refractivity contribution is 6.46. The van der Waals surface area contributed by atoms with Crippen molar-refractivity contribution in [3.05, 3.63) is 84.2 Å². The van der Waals surface area contributed by atoms with E-state index >= 15 is 0 Å². The molecule has 2 aromatic heterocycles. The van der Waals surface area contributed by atoms with Crippen molar-refractivity contribution < 1.29 is 19.4 Å². The van der Waals surface area contributed by atoms with Crippen molar-refractivity contribution in [1.82, 2.24) is 19.4 Å². The minimum absolute atomic E-state index is 0.0274. The zero-order valence-electron chi connectivity index (χ0n) is 17.0. The number of methoxy groups -OCH3 is 1. The van der Waals surface area contributed by atoms with Crippen molar-refractivity contribution in [2.75, 3.05) is 13.7 Å². The molecule has 0 radical (unpaired) electrons. The molecule has 1 saturated heterocycles. The van der Waals surface area contributed by atoms with E-state index in [1.807, 2.05) is 10.8 Å². The molecule has 3 aromatic rings. The number of aliphatic hydroxyl groups is 1. The number of Topliss-reactive ketones (excluding diaryl/α,β-unsaturated/α-hetero) is 1. The van der Waals surface area contributed by atoms with Gasteiger partial charge in [-0.2, -0.15) is 0 Å². The third kappa shape index (κ3) is 4.05. The van der Waals surface area contributed by atoms with Crippen LogP contribution in [0.4, 0.5) is 0 Å². The Balaban J connectivity index is 1.72. The summed E-state index contributed by atoms with van der Waals surface area (Å²) in [6.45, 7) is 0.979. The number of carbonyl (C=O) groups is 2. The summed E-state index contributed by atoms with van der Waals surface area (Å²) < 4.78 is 7.13. The third-order valence-corrected chi connectivity index (χ3v) is 5.23. The summed E-state index contributed by atoms with van der Waals surface area (Å²) in [5, 5.41) is 11.0. The molecule has 1 aliphatic rings. The Morgan fingerprint density at radius 3 is 2.71 bits per heavy atom. The van der Waals surface area contributed by atoms with Gasteiger partial charge in [0.2, 0.25) is 0 Å². The van der Waals surface area contributed by atoms with Crippen molar-refractivity contribution in [3.63, 3.8) is 0 Å². The van der Waals surface area contributed by atoms with E-state index in [2.05, 4.69) is 9.97 Å². The predicted molar refractivity (Wildman–Crippen MR) is 113 cm³/mol. The van der Waals surface area contributed by atoms with Crippen molar-refractivity contribution in [1.29, 1.82) is 0 Å². The first-order valence-corrected chi connectivity index (χ1v) is 9.89. The number of benzene rings is 1. The van der Waals surface area contributed by atoms with Crippen LogP contribution in [-0.2, 0) is 16.1 Å². The van der Waals surface area contributed by atoms with E-state index in [0.29, 0.717) is 36.5 Å². The fourth-order valence-corrected chi connectivity index (χ4v) is 3.72. The Kier molecular flexibility index (Phi) is 5.79. The maximum atomic E-state index is 13.0. The zero-order chi connectivity index (χ0) is 21.8. The second-order valence-electron chi connectivity index (χ2n) is 7.13. The highest BCUT2D eigenvalue weighted by atomic mass is 16.5. The van der Waals surface area contributed by atoms with E-state index < -0.39 is 17.7 Å². The van der Waals surface area contributed by atoms with Gasteiger partial charge in [0.15, 0.2) is 0 Å². The lowest BCUT2D eigenvalue weighted by Crippen LogP contribution is -2.31. The van der Waals surface area contributed by atoms with Gasteiger partial charge in [-0.25, -0.2) is 4.98 Å². The lowest BCUT2D eigenvalue weighted by atomic mass is 9.98. The molecule has 0 spiro atoms. The van der Waals surface area contributed by atoms with Gasteiger partial charge in [-0.1, -0.05) is 18.2 Å². The molecule has 1 fully saturated rings. The normalized spacial score (nSPS) is 17.8. The number of carbonyl (C=O) groups excluding carboxylic acids is 2. The topological polar surface area (TPSA) is 97.6 Å². The van der Waals surface area contributed by atoms with Crippen molar-refractivity contribution in [3.8, 4) is 5.75 Å². The van der Waals surface area contributed by atoms with Crippen molar-refractivity contribution in [2.24, 2.45) is 0 Å². The molecular weight excluding hydrogens is 396 g/mol. The highest BCUT2D eigenvalue weighted by Crippen LogP contribution is 2.39. The minimum Gasteiger partial charge on any atom is -0.507 e. The Labute approximate surface area is 179 Å². The van der Waals surface area contributed by atoms with Gasteiger partial charge in [-0.05, 0) is 30.7 Å². The summed E-state index contributed by atoms with van der Waals surface area (Å²) in [5.74, 6) is -1.08. The summed E-state index contributed by atoms with van der Waals surface area (Å²) in [4.78, 5) is 35.7. The molecule has 0 bridgehead atoms. The standard InChI is InChI=1S/C23H22N4O4/c1-31-17-7-4-6-16(14-17)21(28)19-20(18-8-2-3-9-25-18)27(23(30)22(19)29)12-5-11-26-13-10-24-15-26/h2-4,6-10,13-15,20,28H,5,11-12H2,1H3/b21-19+/t20-/m0/s1. The van der Waals surface area contributed by atoms with Gasteiger partial charge in [-0.15, -0.1) is 0 Å². The zero-order valence-corrected chi connectivity index (χ0v) is 17.0. The van der Waals surface area contributed by atoms with Gasteiger partial charge in [0, 0.05) is 37.2 Å². The van der Waals surface area contributed by atoms with Crippen molar-refractivity contribution in [2.45, 2.75) is 19.0 Å². The van der Waals surface area contributed by atoms with Crippen LogP contribution in [-0.4, -0.2) is 49.9 Å². The number of aromatic nitrogens is 3. The summed E-state index contributed by atoms with van der Waals surface area (Å²) in [5.41, 5.74) is 0.949. The first kappa shape index (κ1) is 20.3. The number of amides is 1. The van der Waals surface area contributed by atoms with Gasteiger partial charge in [0.05, 0.1) is 24.7 Å². The quantitative estimate of drug-likeness (QED) is 0.360. The van der Waals surface area contributed by atoms with Crippen LogP contribution in [0.1, 0.15) is 23.7 Å². The molecule has 1 amide bonds. The molecule has 8 heteroatoms. The SMILES string of the molecule is COc1cccc(/C(O)=C2\C(=O)C(=O)N(CCCn3ccnc3)[C@H]2c2ccccn2)c1. The van der Waals surface area contributed by atoms with Crippen LogP contribution in [0.2, 0.25) is 0 Å². The Morgan fingerprint density at radius 1 is 1.13 bits per heavy atom. The van der Waals surface area contributed by atoms with E-state index in [1.54, 1.807) is 61.2 Å². The molecule has 1 atom stereocenters. The summed E-state index contributed by atoms with van der Waals surface area (Å²) >= 11 is 0. The molecule has 31 heavy (non-hydrogen) atoms. The number of ketones is 1. The number of imidazole rings is 1. The number of ether oxygens (including phenoxy) is 1. The molecule has 1 aliphatic heterocycles. The van der Waals surface area contributed by atoms with E-state index in [0.717, 1.165) is 0 Å². The molecule has 1 N–H and O–H groups in total. The molecule has 8 nitrogen and oxygen atoms in total. The van der Waals surface area contributed by atoms with Crippen LogP contribution in [0.25, 0.3) is 5.76 Å². The average Bonchev–Trinajstić information content (AvgIpc) is 3.41. The maximum absolute atomic E-state index is 13.0. The van der Waals surface area contributed by atoms with Gasteiger partial charge in [0.25, 0.3) is 11.7 Å². The van der Waals surface area contributed by atoms with Gasteiger partial charge < -0.3 is 19.3 Å². The Bertz CT molecular complexity index is 1110. The fraction of sp³-hybridized carbons (Fsp3) is 0.217. The summed E-state index contributed by atoms with van der Waals surface area (Å²) in [6, 6.07) is 11.3. The van der Waals surface area contributed by atoms with Crippen molar-refractivity contribution >= 4 is 17.4 Å². The van der Waals surface area contributed by atoms with E-state index in [-0.39, 0.29) is 11.3 Å². The number of hydrogen-bond acceptors (Lipinski definition) is 6. The molecule has 4 rings (SSSR count). The second-order valence-corrected chi connectivity index (χ2v) is 7.13. The Hall–Kier alpha value is -3.94. The molecule has 158 valence electrons. The molecule has 0 unspecified atom stereocenters. The van der Waals surface area contributed by atoms with Crippen LogP contribution in [0.3, 0.4) is 0 Å². The first-order chi connectivity index (χ1) is 15.1. The highest BCUT2D eigenvalue weighted by Gasteiger charge is 2.46. The number of nitrogens with zero attached hydrogens (tertiary/aromatic N) is 4. The third-order valence-electron chi connectivity index (χ3n) is 5.23. The summed E-state index contributed by atoms with van der Waals surface area (Å²) in [7, 11) is 1.52. The molecule has 1 aromatic carbocycles. The average molecular weight is 418 g/mol. The van der Waals surface area contributed by atoms with E-state index in [1.165, 1.54) is 12.0 Å². The fourth-order valence-electron chi connectivity index (χ4n) is 3.72. The number of rotatable bonds is 7.